The van der Waals surface area contributed by atoms with E-state index in [1.54, 1.807) is 36.1 Å². The van der Waals surface area contributed by atoms with Gasteiger partial charge in [-0.3, -0.25) is 9.59 Å². The fraction of sp³-hybridized carbons (Fsp3) is 0.333. The SMILES string of the molecule is C=CC(=O)N1CCC[C@@H](Nc2nnc(C(N)=O)c(Nc3cccc(C(=O)OCC)c3)n2)C1. The van der Waals surface area contributed by atoms with E-state index in [1.807, 2.05) is 0 Å². The summed E-state index contributed by atoms with van der Waals surface area (Å²) in [7, 11) is 0. The van der Waals surface area contributed by atoms with Crippen LogP contribution in [0.25, 0.3) is 0 Å². The summed E-state index contributed by atoms with van der Waals surface area (Å²) in [5, 5.41) is 14.0. The molecule has 3 rings (SSSR count). The maximum atomic E-state index is 12.0. The number of hydrogen-bond donors (Lipinski definition) is 3. The smallest absolute Gasteiger partial charge is 0.338 e. The van der Waals surface area contributed by atoms with Gasteiger partial charge in [-0.05, 0) is 44.0 Å². The standard InChI is InChI=1S/C21H25N7O4/c1-3-16(29)28-10-6-9-15(12-28)24-21-25-19(17(18(22)30)26-27-21)23-14-8-5-7-13(11-14)20(31)32-4-2/h3,5,7-8,11,15H,1,4,6,9-10,12H2,2H3,(H2,22,30)(H2,23,24,25,27)/t15-/m1/s1. The molecular formula is C21H25N7O4. The van der Waals surface area contributed by atoms with Crippen LogP contribution in [0.15, 0.2) is 36.9 Å². The van der Waals surface area contributed by atoms with Gasteiger partial charge in [-0.15, -0.1) is 10.2 Å². The van der Waals surface area contributed by atoms with E-state index < -0.39 is 11.9 Å². The Kier molecular flexibility index (Phi) is 7.32. The lowest BCUT2D eigenvalue weighted by Gasteiger charge is -2.32. The third-order valence-corrected chi connectivity index (χ3v) is 4.80. The van der Waals surface area contributed by atoms with E-state index in [1.165, 1.54) is 6.08 Å². The number of piperidine rings is 1. The number of amides is 2. The van der Waals surface area contributed by atoms with Crippen molar-refractivity contribution in [2.24, 2.45) is 5.73 Å². The van der Waals surface area contributed by atoms with Gasteiger partial charge in [0, 0.05) is 24.8 Å². The normalized spacial score (nSPS) is 15.5. The molecule has 2 heterocycles. The van der Waals surface area contributed by atoms with Crippen LogP contribution in [0.1, 0.15) is 40.6 Å². The zero-order valence-corrected chi connectivity index (χ0v) is 17.7. The highest BCUT2D eigenvalue weighted by Gasteiger charge is 2.24. The highest BCUT2D eigenvalue weighted by molar-refractivity contribution is 5.96. The Morgan fingerprint density at radius 3 is 2.88 bits per heavy atom. The number of primary amides is 1. The molecular weight excluding hydrogens is 414 g/mol. The van der Waals surface area contributed by atoms with Gasteiger partial charge in [-0.25, -0.2) is 4.79 Å². The number of carbonyl (C=O) groups excluding carboxylic acids is 3. The molecule has 4 N–H and O–H groups in total. The minimum absolute atomic E-state index is 0.0887. The summed E-state index contributed by atoms with van der Waals surface area (Å²) in [6.07, 6.45) is 2.91. The van der Waals surface area contributed by atoms with Gasteiger partial charge in [-0.2, -0.15) is 4.98 Å². The third kappa shape index (κ3) is 5.56. The number of ether oxygens (including phenoxy) is 1. The largest absolute Gasteiger partial charge is 0.462 e. The van der Waals surface area contributed by atoms with Crippen molar-refractivity contribution >= 4 is 35.2 Å². The number of likely N-dealkylation sites (tertiary alicyclic amines) is 1. The topological polar surface area (TPSA) is 152 Å². The highest BCUT2D eigenvalue weighted by Crippen LogP contribution is 2.21. The van der Waals surface area contributed by atoms with Crippen molar-refractivity contribution in [1.82, 2.24) is 20.1 Å². The Labute approximate surface area is 185 Å². The van der Waals surface area contributed by atoms with Crippen molar-refractivity contribution in [3.05, 3.63) is 48.2 Å². The summed E-state index contributed by atoms with van der Waals surface area (Å²) < 4.78 is 5.01. The van der Waals surface area contributed by atoms with Gasteiger partial charge < -0.3 is 26.0 Å². The van der Waals surface area contributed by atoms with Crippen LogP contribution in [-0.4, -0.2) is 63.6 Å². The van der Waals surface area contributed by atoms with Crippen LogP contribution < -0.4 is 16.4 Å². The molecule has 1 atom stereocenters. The van der Waals surface area contributed by atoms with E-state index in [4.69, 9.17) is 10.5 Å². The lowest BCUT2D eigenvalue weighted by molar-refractivity contribution is -0.127. The summed E-state index contributed by atoms with van der Waals surface area (Å²) >= 11 is 0. The molecule has 1 aromatic carbocycles. The van der Waals surface area contributed by atoms with Crippen molar-refractivity contribution in [2.75, 3.05) is 30.3 Å². The predicted molar refractivity (Wildman–Crippen MR) is 117 cm³/mol. The van der Waals surface area contributed by atoms with E-state index in [9.17, 15) is 14.4 Å². The number of nitrogens with two attached hydrogens (primary N) is 1. The molecule has 0 bridgehead atoms. The lowest BCUT2D eigenvalue weighted by Crippen LogP contribution is -2.44. The van der Waals surface area contributed by atoms with E-state index in [2.05, 4.69) is 32.4 Å². The van der Waals surface area contributed by atoms with Crippen LogP contribution in [0, 0.1) is 0 Å². The molecule has 1 fully saturated rings. The third-order valence-electron chi connectivity index (χ3n) is 4.80. The highest BCUT2D eigenvalue weighted by atomic mass is 16.5. The Hall–Kier alpha value is -4.02. The van der Waals surface area contributed by atoms with Crippen LogP contribution in [0.4, 0.5) is 17.5 Å². The molecule has 2 amide bonds. The van der Waals surface area contributed by atoms with Gasteiger partial charge >= 0.3 is 5.97 Å². The monoisotopic (exact) mass is 439 g/mol. The molecule has 0 saturated carbocycles. The van der Waals surface area contributed by atoms with Crippen LogP contribution >= 0.6 is 0 Å². The first-order valence-electron chi connectivity index (χ1n) is 10.2. The van der Waals surface area contributed by atoms with Gasteiger partial charge in [0.2, 0.25) is 11.9 Å². The summed E-state index contributed by atoms with van der Waals surface area (Å²) in [4.78, 5) is 41.7. The fourth-order valence-electron chi connectivity index (χ4n) is 3.32. The second kappa shape index (κ2) is 10.3. The molecule has 0 radical (unpaired) electrons. The molecule has 2 aromatic rings. The number of esters is 1. The lowest BCUT2D eigenvalue weighted by atomic mass is 10.1. The number of anilines is 3. The minimum Gasteiger partial charge on any atom is -0.462 e. The van der Waals surface area contributed by atoms with Crippen LogP contribution in [0.2, 0.25) is 0 Å². The Morgan fingerprint density at radius 1 is 1.34 bits per heavy atom. The zero-order valence-electron chi connectivity index (χ0n) is 17.7. The second-order valence-electron chi connectivity index (χ2n) is 7.10. The number of nitrogens with one attached hydrogen (secondary N) is 2. The van der Waals surface area contributed by atoms with Gasteiger partial charge in [0.25, 0.3) is 5.91 Å². The van der Waals surface area contributed by atoms with Crippen molar-refractivity contribution in [3.8, 4) is 0 Å². The molecule has 11 heteroatoms. The molecule has 0 unspecified atom stereocenters. The van der Waals surface area contributed by atoms with E-state index in [0.29, 0.717) is 24.3 Å². The number of nitrogens with zero attached hydrogens (tertiary/aromatic N) is 4. The van der Waals surface area contributed by atoms with Gasteiger partial charge in [0.15, 0.2) is 11.5 Å². The first-order chi connectivity index (χ1) is 15.4. The quantitative estimate of drug-likeness (QED) is 0.410. The maximum absolute atomic E-state index is 12.0. The molecule has 32 heavy (non-hydrogen) atoms. The summed E-state index contributed by atoms with van der Waals surface area (Å²) in [5.74, 6) is -1.14. The van der Waals surface area contributed by atoms with Crippen molar-refractivity contribution in [1.29, 1.82) is 0 Å². The minimum atomic E-state index is -0.805. The fourth-order valence-corrected chi connectivity index (χ4v) is 3.32. The molecule has 168 valence electrons. The molecule has 1 aromatic heterocycles. The molecule has 1 aliphatic heterocycles. The predicted octanol–water partition coefficient (Wildman–Crippen LogP) is 1.48. The average molecular weight is 439 g/mol. The molecule has 0 aliphatic carbocycles. The first-order valence-corrected chi connectivity index (χ1v) is 10.2. The second-order valence-corrected chi connectivity index (χ2v) is 7.10. The number of hydrogen-bond acceptors (Lipinski definition) is 9. The molecule has 0 spiro atoms. The Morgan fingerprint density at radius 2 is 2.16 bits per heavy atom. The van der Waals surface area contributed by atoms with Crippen LogP contribution in [-0.2, 0) is 9.53 Å². The number of rotatable bonds is 8. The van der Waals surface area contributed by atoms with E-state index in [-0.39, 0.29) is 36.0 Å². The first kappa shape index (κ1) is 22.7. The summed E-state index contributed by atoms with van der Waals surface area (Å²) in [6, 6.07) is 6.46. The van der Waals surface area contributed by atoms with Crippen molar-refractivity contribution in [3.63, 3.8) is 0 Å². The maximum Gasteiger partial charge on any atom is 0.338 e. The molecule has 11 nitrogen and oxygen atoms in total. The Balaban J connectivity index is 1.80. The molecule has 1 saturated heterocycles. The Bertz CT molecular complexity index is 1030. The van der Waals surface area contributed by atoms with E-state index in [0.717, 1.165) is 12.8 Å². The van der Waals surface area contributed by atoms with Gasteiger partial charge in [0.1, 0.15) is 0 Å². The van der Waals surface area contributed by atoms with Crippen LogP contribution in [0.5, 0.6) is 0 Å². The summed E-state index contributed by atoms with van der Waals surface area (Å²) in [6.45, 7) is 6.63. The number of benzene rings is 1. The van der Waals surface area contributed by atoms with E-state index >= 15 is 0 Å². The average Bonchev–Trinajstić information content (AvgIpc) is 2.79. The van der Waals surface area contributed by atoms with Crippen molar-refractivity contribution in [2.45, 2.75) is 25.8 Å². The van der Waals surface area contributed by atoms with Gasteiger partial charge in [-0.1, -0.05) is 12.6 Å². The number of aromatic nitrogens is 3. The number of carbonyl (C=O) groups is 3. The van der Waals surface area contributed by atoms with Crippen LogP contribution in [0.3, 0.4) is 0 Å². The van der Waals surface area contributed by atoms with Gasteiger partial charge in [0.05, 0.1) is 12.2 Å². The summed E-state index contributed by atoms with van der Waals surface area (Å²) in [5.41, 5.74) is 6.10. The molecule has 1 aliphatic rings. The van der Waals surface area contributed by atoms with Crippen molar-refractivity contribution < 1.29 is 19.1 Å². The zero-order chi connectivity index (χ0) is 23.1.